The first-order chi connectivity index (χ1) is 16.7. The Morgan fingerprint density at radius 1 is 1.03 bits per heavy atom. The molecule has 10 heteroatoms. The second-order valence-electron chi connectivity index (χ2n) is 7.66. The molecule has 0 unspecified atom stereocenters. The maximum Gasteiger partial charge on any atom is 0.264 e. The Bertz CT molecular complexity index is 1250. The number of methoxy groups -OCH3 is 1. The molecule has 6 nitrogen and oxygen atoms in total. The van der Waals surface area contributed by atoms with E-state index in [-0.39, 0.29) is 11.4 Å². The Labute approximate surface area is 220 Å². The molecule has 0 aliphatic rings. The van der Waals surface area contributed by atoms with Gasteiger partial charge in [0.05, 0.1) is 17.7 Å². The summed E-state index contributed by atoms with van der Waals surface area (Å²) in [5.41, 5.74) is 2.36. The summed E-state index contributed by atoms with van der Waals surface area (Å²) in [5.74, 6) is 1.46. The molecule has 0 aromatic heterocycles. The number of amides is 1. The average Bonchev–Trinajstić information content (AvgIpc) is 2.84. The molecule has 0 saturated carbocycles. The number of hydrogen-bond donors (Lipinski definition) is 1. The van der Waals surface area contributed by atoms with Gasteiger partial charge in [0.15, 0.2) is 0 Å². The standard InChI is InChI=1S/C25H26Cl2N2O4S2/c1-18-3-7-21(8-4-18)29(35(31,32)23-11-9-22(33-2)10-12-23)16-25(30)28-13-14-34-17-19-5-6-20(26)15-24(19)27/h3-12,15H,13-14,16-17H2,1-2H3,(H,28,30). The first-order valence-electron chi connectivity index (χ1n) is 10.7. The molecule has 0 aliphatic heterocycles. The summed E-state index contributed by atoms with van der Waals surface area (Å²) in [7, 11) is -2.47. The third-order valence-electron chi connectivity index (χ3n) is 5.10. The molecule has 3 rings (SSSR count). The Morgan fingerprint density at radius 2 is 1.71 bits per heavy atom. The number of halogens is 2. The van der Waals surface area contributed by atoms with E-state index in [0.717, 1.165) is 15.4 Å². The molecule has 0 saturated heterocycles. The van der Waals surface area contributed by atoms with Gasteiger partial charge in [-0.1, -0.05) is 47.0 Å². The van der Waals surface area contributed by atoms with Crippen molar-refractivity contribution in [3.63, 3.8) is 0 Å². The number of thioether (sulfide) groups is 1. The molecule has 0 aliphatic carbocycles. The molecule has 35 heavy (non-hydrogen) atoms. The second-order valence-corrected chi connectivity index (χ2v) is 11.5. The number of nitrogens with zero attached hydrogens (tertiary/aromatic N) is 1. The third-order valence-corrected chi connectivity index (χ3v) is 8.48. The van der Waals surface area contributed by atoms with Crippen LogP contribution in [0.15, 0.2) is 71.6 Å². The lowest BCUT2D eigenvalue weighted by atomic mass is 10.2. The average molecular weight is 554 g/mol. The number of aryl methyl sites for hydroxylation is 1. The van der Waals surface area contributed by atoms with E-state index in [4.69, 9.17) is 27.9 Å². The highest BCUT2D eigenvalue weighted by molar-refractivity contribution is 7.98. The fourth-order valence-electron chi connectivity index (χ4n) is 3.17. The van der Waals surface area contributed by atoms with Gasteiger partial charge in [0, 0.05) is 28.1 Å². The highest BCUT2D eigenvalue weighted by Crippen LogP contribution is 2.26. The molecule has 186 valence electrons. The van der Waals surface area contributed by atoms with Crippen LogP contribution >= 0.6 is 35.0 Å². The van der Waals surface area contributed by atoms with E-state index in [1.165, 1.54) is 19.2 Å². The van der Waals surface area contributed by atoms with Gasteiger partial charge < -0.3 is 10.1 Å². The summed E-state index contributed by atoms with van der Waals surface area (Å²) in [5, 5.41) is 3.99. The van der Waals surface area contributed by atoms with Crippen molar-refractivity contribution >= 4 is 56.6 Å². The summed E-state index contributed by atoms with van der Waals surface area (Å²) in [6, 6.07) is 18.4. The molecule has 3 aromatic carbocycles. The van der Waals surface area contributed by atoms with Gasteiger partial charge in [-0.25, -0.2) is 8.42 Å². The number of anilines is 1. The van der Waals surface area contributed by atoms with Crippen LogP contribution in [0.4, 0.5) is 5.69 Å². The van der Waals surface area contributed by atoms with Crippen molar-refractivity contribution in [2.45, 2.75) is 17.6 Å². The molecular formula is C25H26Cl2N2O4S2. The molecule has 0 spiro atoms. The Morgan fingerprint density at radius 3 is 2.34 bits per heavy atom. The first-order valence-corrected chi connectivity index (χ1v) is 14.1. The summed E-state index contributed by atoms with van der Waals surface area (Å²) >= 11 is 13.7. The number of sulfonamides is 1. The van der Waals surface area contributed by atoms with Crippen LogP contribution < -0.4 is 14.4 Å². The Kier molecular flexibility index (Phi) is 9.74. The summed E-state index contributed by atoms with van der Waals surface area (Å²) in [4.78, 5) is 12.8. The number of carbonyl (C=O) groups excluding carboxylic acids is 1. The fourth-order valence-corrected chi connectivity index (χ4v) is 6.01. The smallest absolute Gasteiger partial charge is 0.264 e. The fraction of sp³-hybridized carbons (Fsp3) is 0.240. The van der Waals surface area contributed by atoms with Gasteiger partial charge in [-0.2, -0.15) is 11.8 Å². The lowest BCUT2D eigenvalue weighted by molar-refractivity contribution is -0.119. The predicted molar refractivity (Wildman–Crippen MR) is 144 cm³/mol. The summed E-state index contributed by atoms with van der Waals surface area (Å²) in [6.07, 6.45) is 0. The highest BCUT2D eigenvalue weighted by Gasteiger charge is 2.27. The molecule has 0 heterocycles. The van der Waals surface area contributed by atoms with E-state index in [9.17, 15) is 13.2 Å². The molecule has 1 N–H and O–H groups in total. The van der Waals surface area contributed by atoms with Gasteiger partial charge >= 0.3 is 0 Å². The van der Waals surface area contributed by atoms with Gasteiger partial charge in [0.25, 0.3) is 10.0 Å². The van der Waals surface area contributed by atoms with Crippen molar-refractivity contribution < 1.29 is 17.9 Å². The highest BCUT2D eigenvalue weighted by atomic mass is 35.5. The summed E-state index contributed by atoms with van der Waals surface area (Å²) in [6.45, 7) is 1.96. The SMILES string of the molecule is COc1ccc(S(=O)(=O)N(CC(=O)NCCSCc2ccc(Cl)cc2Cl)c2ccc(C)cc2)cc1. The van der Waals surface area contributed by atoms with Crippen molar-refractivity contribution in [1.29, 1.82) is 0 Å². The lowest BCUT2D eigenvalue weighted by Gasteiger charge is -2.24. The Balaban J connectivity index is 1.64. The zero-order chi connectivity index (χ0) is 25.4. The summed E-state index contributed by atoms with van der Waals surface area (Å²) < 4.78 is 33.1. The molecule has 1 amide bonds. The minimum atomic E-state index is -3.98. The predicted octanol–water partition coefficient (Wildman–Crippen LogP) is 5.56. The number of benzene rings is 3. The van der Waals surface area contributed by atoms with Crippen LogP contribution in [0.3, 0.4) is 0 Å². The van der Waals surface area contributed by atoms with E-state index in [1.807, 2.05) is 25.1 Å². The molecule has 3 aromatic rings. The molecular weight excluding hydrogens is 527 g/mol. The number of hydrogen-bond acceptors (Lipinski definition) is 5. The maximum absolute atomic E-state index is 13.4. The number of rotatable bonds is 11. The van der Waals surface area contributed by atoms with E-state index in [2.05, 4.69) is 5.32 Å². The monoisotopic (exact) mass is 552 g/mol. The molecule has 0 fully saturated rings. The van der Waals surface area contributed by atoms with Crippen molar-refractivity contribution in [1.82, 2.24) is 5.32 Å². The van der Waals surface area contributed by atoms with Crippen LogP contribution in [-0.2, 0) is 20.6 Å². The van der Waals surface area contributed by atoms with Crippen LogP contribution in [0, 0.1) is 6.92 Å². The van der Waals surface area contributed by atoms with Crippen molar-refractivity contribution in [2.75, 3.05) is 30.3 Å². The second kappa shape index (κ2) is 12.5. The van der Waals surface area contributed by atoms with Gasteiger partial charge in [-0.3, -0.25) is 9.10 Å². The normalized spacial score (nSPS) is 11.2. The third kappa shape index (κ3) is 7.54. The lowest BCUT2D eigenvalue weighted by Crippen LogP contribution is -2.41. The molecule has 0 radical (unpaired) electrons. The first kappa shape index (κ1) is 27.2. The molecule has 0 bridgehead atoms. The zero-order valence-corrected chi connectivity index (χ0v) is 22.5. The quantitative estimate of drug-likeness (QED) is 0.315. The van der Waals surface area contributed by atoms with Crippen LogP contribution in [0.2, 0.25) is 10.0 Å². The van der Waals surface area contributed by atoms with E-state index in [1.54, 1.807) is 48.2 Å². The Hall–Kier alpha value is -2.39. The number of carbonyl (C=O) groups is 1. The largest absolute Gasteiger partial charge is 0.497 e. The van der Waals surface area contributed by atoms with E-state index >= 15 is 0 Å². The minimum Gasteiger partial charge on any atom is -0.497 e. The van der Waals surface area contributed by atoms with Crippen molar-refractivity contribution in [3.05, 3.63) is 87.9 Å². The van der Waals surface area contributed by atoms with E-state index in [0.29, 0.717) is 39.5 Å². The minimum absolute atomic E-state index is 0.0714. The van der Waals surface area contributed by atoms with Gasteiger partial charge in [-0.15, -0.1) is 0 Å². The van der Waals surface area contributed by atoms with E-state index < -0.39 is 15.9 Å². The topological polar surface area (TPSA) is 75.7 Å². The van der Waals surface area contributed by atoms with Crippen LogP contribution in [0.1, 0.15) is 11.1 Å². The van der Waals surface area contributed by atoms with Crippen LogP contribution in [0.25, 0.3) is 0 Å². The molecule has 0 atom stereocenters. The maximum atomic E-state index is 13.4. The van der Waals surface area contributed by atoms with Crippen LogP contribution in [0.5, 0.6) is 5.75 Å². The van der Waals surface area contributed by atoms with Crippen molar-refractivity contribution in [3.8, 4) is 5.75 Å². The van der Waals surface area contributed by atoms with Crippen LogP contribution in [-0.4, -0.2) is 40.3 Å². The zero-order valence-electron chi connectivity index (χ0n) is 19.3. The van der Waals surface area contributed by atoms with Gasteiger partial charge in [0.1, 0.15) is 12.3 Å². The van der Waals surface area contributed by atoms with Gasteiger partial charge in [0.2, 0.25) is 5.91 Å². The van der Waals surface area contributed by atoms with Crippen molar-refractivity contribution in [2.24, 2.45) is 0 Å². The van der Waals surface area contributed by atoms with Gasteiger partial charge in [-0.05, 0) is 61.0 Å². The number of ether oxygens (including phenoxy) is 1. The number of nitrogens with one attached hydrogen (secondary N) is 1.